The molecule has 0 aliphatic carbocycles. The molecular formula is C50H83NO10P+. The third-order valence-electron chi connectivity index (χ3n) is 10.0. The first-order valence-corrected chi connectivity index (χ1v) is 24.6. The Bertz CT molecular complexity index is 1580. The molecule has 0 fully saturated rings. The fourth-order valence-electron chi connectivity index (χ4n) is 6.12. The second-order valence-corrected chi connectivity index (χ2v) is 18.3. The molecule has 0 radical (unpaired) electrons. The topological polar surface area (TPSA) is 142 Å². The zero-order valence-corrected chi connectivity index (χ0v) is 40.3. The van der Waals surface area contributed by atoms with Crippen LogP contribution in [0.4, 0.5) is 0 Å². The fourth-order valence-corrected chi connectivity index (χ4v) is 6.87. The number of hydrogen-bond donors (Lipinski definition) is 2. The Kier molecular flexibility index (Phi) is 32.1. The van der Waals surface area contributed by atoms with E-state index in [0.29, 0.717) is 36.7 Å². The van der Waals surface area contributed by atoms with Crippen LogP contribution in [0.1, 0.15) is 146 Å². The highest BCUT2D eigenvalue weighted by molar-refractivity contribution is 7.47. The molecule has 1 rings (SSSR count). The number of esters is 2. The van der Waals surface area contributed by atoms with E-state index in [1.165, 1.54) is 30.4 Å². The van der Waals surface area contributed by atoms with Gasteiger partial charge in [-0.15, -0.1) is 0 Å². The van der Waals surface area contributed by atoms with E-state index in [-0.39, 0.29) is 26.1 Å². The summed E-state index contributed by atoms with van der Waals surface area (Å²) >= 11 is 0. The number of likely N-dealkylation sites (N-methyl/N-ethyl adjacent to an activating group) is 1. The lowest BCUT2D eigenvalue weighted by atomic mass is 10.0. The minimum Gasteiger partial charge on any atom is -0.466 e. The lowest BCUT2D eigenvalue weighted by molar-refractivity contribution is -0.870. The summed E-state index contributed by atoms with van der Waals surface area (Å²) in [5, 5.41) is 10.0. The summed E-state index contributed by atoms with van der Waals surface area (Å²) in [6, 6.07) is 0. The minimum absolute atomic E-state index is 0.00316. The van der Waals surface area contributed by atoms with Gasteiger partial charge in [0, 0.05) is 25.7 Å². The molecule has 0 aliphatic rings. The van der Waals surface area contributed by atoms with Crippen LogP contribution < -0.4 is 0 Å². The molecule has 0 saturated heterocycles. The van der Waals surface area contributed by atoms with E-state index in [1.807, 2.05) is 69.8 Å². The summed E-state index contributed by atoms with van der Waals surface area (Å²) in [6.45, 7) is 8.36. The first-order chi connectivity index (χ1) is 29.7. The minimum atomic E-state index is -4.43. The number of hydrogen-bond acceptors (Lipinski definition) is 9. The molecule has 11 nitrogen and oxygen atoms in total. The van der Waals surface area contributed by atoms with Crippen molar-refractivity contribution in [1.29, 1.82) is 0 Å². The van der Waals surface area contributed by atoms with E-state index in [2.05, 4.69) is 45.9 Å². The molecule has 62 heavy (non-hydrogen) atoms. The van der Waals surface area contributed by atoms with Gasteiger partial charge < -0.3 is 28.4 Å². The summed E-state index contributed by atoms with van der Waals surface area (Å²) in [4.78, 5) is 35.5. The molecule has 1 aromatic heterocycles. The molecule has 2 unspecified atom stereocenters. The van der Waals surface area contributed by atoms with Gasteiger partial charge >= 0.3 is 19.8 Å². The number of phosphoric ester groups is 1. The average Bonchev–Trinajstić information content (AvgIpc) is 3.48. The van der Waals surface area contributed by atoms with Crippen molar-refractivity contribution in [1.82, 2.24) is 0 Å². The van der Waals surface area contributed by atoms with Crippen LogP contribution in [0.3, 0.4) is 0 Å². The molecule has 0 saturated carbocycles. The fraction of sp³-hybridized carbons (Fsp3) is 0.640. The van der Waals surface area contributed by atoms with Gasteiger partial charge in [0.25, 0.3) is 0 Å². The highest BCUT2D eigenvalue weighted by Crippen LogP contribution is 2.43. The summed E-state index contributed by atoms with van der Waals surface area (Å²) in [6.07, 6.45) is 38.3. The number of aryl methyl sites for hydroxylation is 2. The number of carbonyl (C=O) groups is 2. The predicted molar refractivity (Wildman–Crippen MR) is 252 cm³/mol. The zero-order valence-electron chi connectivity index (χ0n) is 39.4. The molecule has 1 aromatic rings. The van der Waals surface area contributed by atoms with Crippen LogP contribution in [0, 0.1) is 13.8 Å². The van der Waals surface area contributed by atoms with E-state index in [9.17, 15) is 24.2 Å². The van der Waals surface area contributed by atoms with Crippen LogP contribution in [-0.4, -0.2) is 86.1 Å². The number of rotatable bonds is 37. The molecule has 0 aromatic carbocycles. The van der Waals surface area contributed by atoms with Crippen LogP contribution in [-0.2, 0) is 45.5 Å². The van der Waals surface area contributed by atoms with E-state index in [4.69, 9.17) is 22.9 Å². The van der Waals surface area contributed by atoms with Gasteiger partial charge in [-0.3, -0.25) is 18.6 Å². The van der Waals surface area contributed by atoms with Crippen molar-refractivity contribution < 1.29 is 51.6 Å². The summed E-state index contributed by atoms with van der Waals surface area (Å²) < 4.78 is 40.5. The lowest BCUT2D eigenvalue weighted by Crippen LogP contribution is -2.37. The van der Waals surface area contributed by atoms with Gasteiger partial charge in [0.05, 0.1) is 33.9 Å². The quantitative estimate of drug-likeness (QED) is 0.0166. The van der Waals surface area contributed by atoms with Crippen LogP contribution in [0.15, 0.2) is 77.3 Å². The smallest absolute Gasteiger partial charge is 0.466 e. The molecule has 0 aliphatic heterocycles. The van der Waals surface area contributed by atoms with Crippen molar-refractivity contribution in [2.75, 3.05) is 47.5 Å². The van der Waals surface area contributed by atoms with Gasteiger partial charge in [0.15, 0.2) is 6.10 Å². The standard InChI is InChI=1S/C50H82NO10P/c1-8-10-12-13-22-28-33-45(52)34-29-23-18-16-14-15-17-19-26-32-38-50(54)60-46(42-59-62(55,56)58-40-39-51(5,6)7)41-57-49(53)37-31-25-21-20-24-30-36-48-44(4)43(3)47(61-48)35-27-11-9-2/h10,12,14-15,18-19,22-23,26,28-29,34,45-46,52H,8-9,11,13,16-17,20-21,24-25,27,30-33,35-42H2,1-7H3/p+1/b12-10-,15-14-,23-18-,26-19-,28-22-,34-29+/t45?,46-/m1/s1. The maximum atomic E-state index is 12.7. The summed E-state index contributed by atoms with van der Waals surface area (Å²) in [5.74, 6) is 1.30. The number of nitrogens with zero attached hydrogens (tertiary/aromatic N) is 1. The number of aliphatic hydroxyl groups is 1. The predicted octanol–water partition coefficient (Wildman–Crippen LogP) is 11.6. The van der Waals surface area contributed by atoms with Crippen molar-refractivity contribution in [3.63, 3.8) is 0 Å². The molecule has 0 bridgehead atoms. The first kappa shape index (κ1) is 56.7. The van der Waals surface area contributed by atoms with Crippen molar-refractivity contribution in [2.24, 2.45) is 0 Å². The van der Waals surface area contributed by atoms with Gasteiger partial charge in [-0.2, -0.15) is 0 Å². The number of unbranched alkanes of at least 4 members (excludes halogenated alkanes) is 7. The Morgan fingerprint density at radius 3 is 1.97 bits per heavy atom. The number of furan rings is 1. The van der Waals surface area contributed by atoms with Crippen LogP contribution in [0.2, 0.25) is 0 Å². The number of ether oxygens (including phenoxy) is 2. The van der Waals surface area contributed by atoms with Gasteiger partial charge in [-0.05, 0) is 82.8 Å². The Labute approximate surface area is 375 Å². The molecular weight excluding hydrogens is 806 g/mol. The number of allylic oxidation sites excluding steroid dienone is 10. The normalized spacial score (nSPS) is 14.7. The molecule has 1 heterocycles. The number of quaternary nitrogens is 1. The third kappa shape index (κ3) is 31.5. The first-order valence-electron chi connectivity index (χ1n) is 23.1. The largest absolute Gasteiger partial charge is 0.472 e. The van der Waals surface area contributed by atoms with Crippen LogP contribution in [0.5, 0.6) is 0 Å². The zero-order chi connectivity index (χ0) is 45.9. The second-order valence-electron chi connectivity index (χ2n) is 16.8. The maximum Gasteiger partial charge on any atom is 0.472 e. The molecule has 352 valence electrons. The van der Waals surface area contributed by atoms with Crippen molar-refractivity contribution in [3.8, 4) is 0 Å². The molecule has 2 N–H and O–H groups in total. The van der Waals surface area contributed by atoms with Crippen molar-refractivity contribution in [2.45, 2.75) is 162 Å². The Morgan fingerprint density at radius 2 is 1.31 bits per heavy atom. The van der Waals surface area contributed by atoms with E-state index in [1.54, 1.807) is 6.08 Å². The molecule has 12 heteroatoms. The van der Waals surface area contributed by atoms with E-state index in [0.717, 1.165) is 75.7 Å². The number of aliphatic hydroxyl groups excluding tert-OH is 1. The Hall–Kier alpha value is -3.31. The van der Waals surface area contributed by atoms with Gasteiger partial charge in [0.2, 0.25) is 0 Å². The number of carbonyl (C=O) groups excluding carboxylic acids is 2. The molecule has 0 spiro atoms. The van der Waals surface area contributed by atoms with Crippen LogP contribution in [0.25, 0.3) is 0 Å². The number of phosphoric acid groups is 1. The van der Waals surface area contributed by atoms with Crippen LogP contribution >= 0.6 is 7.82 Å². The highest BCUT2D eigenvalue weighted by Gasteiger charge is 2.27. The maximum absolute atomic E-state index is 12.7. The third-order valence-corrected chi connectivity index (χ3v) is 11.0. The SMILES string of the molecule is CC/C=C\C/C=C\CC(O)/C=C/C=C\C/C=C\C/C=C\CCC(=O)O[C@H](COC(=O)CCCCCCCCc1oc(CCCCC)c(C)c1C)COP(=O)(O)OCC[N+](C)(C)C. The molecule has 0 amide bonds. The van der Waals surface area contributed by atoms with Crippen molar-refractivity contribution >= 4 is 19.8 Å². The van der Waals surface area contributed by atoms with E-state index >= 15 is 0 Å². The van der Waals surface area contributed by atoms with Crippen molar-refractivity contribution in [3.05, 3.63) is 95.6 Å². The molecule has 3 atom stereocenters. The van der Waals surface area contributed by atoms with E-state index < -0.39 is 38.6 Å². The monoisotopic (exact) mass is 889 g/mol. The van der Waals surface area contributed by atoms with Gasteiger partial charge in [-0.25, -0.2) is 4.57 Å². The average molecular weight is 889 g/mol. The highest BCUT2D eigenvalue weighted by atomic mass is 31.2. The summed E-state index contributed by atoms with van der Waals surface area (Å²) in [5.41, 5.74) is 2.59. The second kappa shape index (κ2) is 35.1. The van der Waals surface area contributed by atoms with Gasteiger partial charge in [-0.1, -0.05) is 125 Å². The van der Waals surface area contributed by atoms with Gasteiger partial charge in [0.1, 0.15) is 31.3 Å². The Balaban J connectivity index is 2.45. The Morgan fingerprint density at radius 1 is 0.710 bits per heavy atom. The lowest BCUT2D eigenvalue weighted by Gasteiger charge is -2.24. The summed E-state index contributed by atoms with van der Waals surface area (Å²) in [7, 11) is 1.36.